The standard InChI is InChI=1S/C6H13FN2O/c1-6(2,7)5(10)9-4-3-8/h3-4,8H2,1-2H3,(H,9,10). The van der Waals surface area contributed by atoms with Crippen LogP contribution < -0.4 is 11.1 Å². The van der Waals surface area contributed by atoms with Crippen LogP contribution in [0.3, 0.4) is 0 Å². The van der Waals surface area contributed by atoms with E-state index in [4.69, 9.17) is 5.73 Å². The lowest BCUT2D eigenvalue weighted by molar-refractivity contribution is -0.130. The van der Waals surface area contributed by atoms with Crippen molar-refractivity contribution in [3.8, 4) is 0 Å². The number of nitrogens with two attached hydrogens (primary N) is 1. The highest BCUT2D eigenvalue weighted by molar-refractivity contribution is 5.83. The third-order valence-corrected chi connectivity index (χ3v) is 0.970. The molecule has 0 aromatic rings. The first-order valence-corrected chi connectivity index (χ1v) is 3.15. The molecule has 10 heavy (non-hydrogen) atoms. The fraction of sp³-hybridized carbons (Fsp3) is 0.833. The van der Waals surface area contributed by atoms with Gasteiger partial charge in [-0.1, -0.05) is 0 Å². The van der Waals surface area contributed by atoms with Crippen LogP contribution in [-0.4, -0.2) is 24.7 Å². The topological polar surface area (TPSA) is 55.1 Å². The van der Waals surface area contributed by atoms with Gasteiger partial charge in [0.15, 0.2) is 5.67 Å². The van der Waals surface area contributed by atoms with E-state index >= 15 is 0 Å². The Morgan fingerprint density at radius 3 is 2.50 bits per heavy atom. The summed E-state index contributed by atoms with van der Waals surface area (Å²) in [4.78, 5) is 10.7. The van der Waals surface area contributed by atoms with E-state index < -0.39 is 11.6 Å². The lowest BCUT2D eigenvalue weighted by Crippen LogP contribution is -2.40. The van der Waals surface area contributed by atoms with Crippen molar-refractivity contribution in [2.75, 3.05) is 13.1 Å². The Morgan fingerprint density at radius 1 is 1.70 bits per heavy atom. The molecule has 0 aliphatic rings. The normalized spacial score (nSPS) is 11.2. The molecule has 0 aliphatic carbocycles. The molecule has 0 heterocycles. The van der Waals surface area contributed by atoms with E-state index in [9.17, 15) is 9.18 Å². The zero-order valence-electron chi connectivity index (χ0n) is 6.28. The van der Waals surface area contributed by atoms with Crippen molar-refractivity contribution in [1.82, 2.24) is 5.32 Å². The highest BCUT2D eigenvalue weighted by Crippen LogP contribution is 2.06. The number of rotatable bonds is 3. The lowest BCUT2D eigenvalue weighted by atomic mass is 10.1. The number of alkyl halides is 1. The minimum absolute atomic E-state index is 0.326. The Labute approximate surface area is 59.8 Å². The zero-order chi connectivity index (χ0) is 8.20. The average Bonchev–Trinajstić information content (AvgIpc) is 1.80. The maximum absolute atomic E-state index is 12.7. The van der Waals surface area contributed by atoms with Crippen LogP contribution in [0.2, 0.25) is 0 Å². The summed E-state index contributed by atoms with van der Waals surface area (Å²) in [6.07, 6.45) is 0. The van der Waals surface area contributed by atoms with Gasteiger partial charge in [-0.25, -0.2) is 4.39 Å². The molecule has 0 unspecified atom stereocenters. The molecule has 0 fully saturated rings. The number of carbonyl (C=O) groups excluding carboxylic acids is 1. The number of amides is 1. The molecule has 0 saturated heterocycles. The van der Waals surface area contributed by atoms with Crippen LogP contribution in [0.4, 0.5) is 4.39 Å². The molecule has 60 valence electrons. The van der Waals surface area contributed by atoms with Gasteiger partial charge in [0.1, 0.15) is 0 Å². The molecule has 4 heteroatoms. The van der Waals surface area contributed by atoms with Crippen LogP contribution in [0.25, 0.3) is 0 Å². The van der Waals surface area contributed by atoms with E-state index in [1.807, 2.05) is 0 Å². The first kappa shape index (κ1) is 9.36. The van der Waals surface area contributed by atoms with E-state index in [0.29, 0.717) is 13.1 Å². The smallest absolute Gasteiger partial charge is 0.257 e. The van der Waals surface area contributed by atoms with E-state index in [1.165, 1.54) is 13.8 Å². The Balaban J connectivity index is 3.64. The summed E-state index contributed by atoms with van der Waals surface area (Å²) >= 11 is 0. The summed E-state index contributed by atoms with van der Waals surface area (Å²) in [5.41, 5.74) is 3.29. The fourth-order valence-corrected chi connectivity index (χ4v) is 0.396. The largest absolute Gasteiger partial charge is 0.352 e. The fourth-order valence-electron chi connectivity index (χ4n) is 0.396. The highest BCUT2D eigenvalue weighted by atomic mass is 19.1. The van der Waals surface area contributed by atoms with Gasteiger partial charge in [0, 0.05) is 13.1 Å². The molecule has 1 amide bonds. The lowest BCUT2D eigenvalue weighted by Gasteiger charge is -2.12. The molecule has 0 aliphatic heterocycles. The van der Waals surface area contributed by atoms with Crippen LogP contribution >= 0.6 is 0 Å². The van der Waals surface area contributed by atoms with Gasteiger partial charge in [0.2, 0.25) is 0 Å². The second-order valence-corrected chi connectivity index (χ2v) is 2.52. The third-order valence-electron chi connectivity index (χ3n) is 0.970. The zero-order valence-corrected chi connectivity index (χ0v) is 6.28. The minimum atomic E-state index is -1.80. The van der Waals surface area contributed by atoms with Gasteiger partial charge in [0.05, 0.1) is 0 Å². The van der Waals surface area contributed by atoms with Crippen LogP contribution in [0.5, 0.6) is 0 Å². The van der Waals surface area contributed by atoms with Gasteiger partial charge < -0.3 is 11.1 Å². The third kappa shape index (κ3) is 3.40. The minimum Gasteiger partial charge on any atom is -0.352 e. The Hall–Kier alpha value is -0.640. The molecule has 0 radical (unpaired) electrons. The van der Waals surface area contributed by atoms with E-state index in [0.717, 1.165) is 0 Å². The number of halogens is 1. The molecule has 0 bridgehead atoms. The van der Waals surface area contributed by atoms with Gasteiger partial charge in [0.25, 0.3) is 5.91 Å². The van der Waals surface area contributed by atoms with Gasteiger partial charge in [-0.15, -0.1) is 0 Å². The molecule has 0 aromatic heterocycles. The predicted molar refractivity (Wildman–Crippen MR) is 37.3 cm³/mol. The highest BCUT2D eigenvalue weighted by Gasteiger charge is 2.25. The van der Waals surface area contributed by atoms with Crippen molar-refractivity contribution < 1.29 is 9.18 Å². The molecule has 0 rings (SSSR count). The van der Waals surface area contributed by atoms with E-state index in [1.54, 1.807) is 0 Å². The Morgan fingerprint density at radius 2 is 2.20 bits per heavy atom. The maximum Gasteiger partial charge on any atom is 0.257 e. The molecular formula is C6H13FN2O. The maximum atomic E-state index is 12.7. The molecule has 3 N–H and O–H groups in total. The summed E-state index contributed by atoms with van der Waals surface area (Å²) in [5, 5.41) is 2.33. The van der Waals surface area contributed by atoms with Gasteiger partial charge >= 0.3 is 0 Å². The van der Waals surface area contributed by atoms with Crippen LogP contribution in [0.15, 0.2) is 0 Å². The molecular weight excluding hydrogens is 135 g/mol. The Bertz CT molecular complexity index is 119. The first-order valence-electron chi connectivity index (χ1n) is 3.15. The van der Waals surface area contributed by atoms with E-state index in [-0.39, 0.29) is 0 Å². The van der Waals surface area contributed by atoms with Crippen molar-refractivity contribution in [3.63, 3.8) is 0 Å². The summed E-state index contributed by atoms with van der Waals surface area (Å²) < 4.78 is 12.7. The van der Waals surface area contributed by atoms with Crippen LogP contribution in [0.1, 0.15) is 13.8 Å². The van der Waals surface area contributed by atoms with Gasteiger partial charge in [-0.2, -0.15) is 0 Å². The van der Waals surface area contributed by atoms with Crippen molar-refractivity contribution in [3.05, 3.63) is 0 Å². The summed E-state index contributed by atoms with van der Waals surface area (Å²) in [6, 6.07) is 0. The predicted octanol–water partition coefficient (Wildman–Crippen LogP) is -0.191. The monoisotopic (exact) mass is 148 g/mol. The van der Waals surface area contributed by atoms with Crippen molar-refractivity contribution in [2.24, 2.45) is 5.73 Å². The summed E-state index contributed by atoms with van der Waals surface area (Å²) in [5.74, 6) is -0.613. The van der Waals surface area contributed by atoms with Crippen molar-refractivity contribution >= 4 is 5.91 Å². The number of hydrogen-bond acceptors (Lipinski definition) is 2. The van der Waals surface area contributed by atoms with E-state index in [2.05, 4.69) is 5.32 Å². The second kappa shape index (κ2) is 3.51. The molecule has 0 aromatic carbocycles. The average molecular weight is 148 g/mol. The number of nitrogens with one attached hydrogen (secondary N) is 1. The summed E-state index contributed by atoms with van der Waals surface area (Å²) in [7, 11) is 0. The molecule has 0 saturated carbocycles. The molecule has 0 spiro atoms. The summed E-state index contributed by atoms with van der Waals surface area (Å²) in [6.45, 7) is 3.08. The number of hydrogen-bond donors (Lipinski definition) is 2. The van der Waals surface area contributed by atoms with Crippen LogP contribution in [-0.2, 0) is 4.79 Å². The Kier molecular flexibility index (Phi) is 3.28. The molecule has 0 atom stereocenters. The van der Waals surface area contributed by atoms with Gasteiger partial charge in [-0.3, -0.25) is 4.79 Å². The van der Waals surface area contributed by atoms with Crippen molar-refractivity contribution in [2.45, 2.75) is 19.5 Å². The quantitative estimate of drug-likeness (QED) is 0.582. The van der Waals surface area contributed by atoms with Gasteiger partial charge in [-0.05, 0) is 13.8 Å². The second-order valence-electron chi connectivity index (χ2n) is 2.52. The van der Waals surface area contributed by atoms with Crippen LogP contribution in [0, 0.1) is 0 Å². The number of carbonyl (C=O) groups is 1. The van der Waals surface area contributed by atoms with Crippen molar-refractivity contribution in [1.29, 1.82) is 0 Å². The first-order chi connectivity index (χ1) is 4.48. The SMILES string of the molecule is CC(C)(F)C(=O)NCCN. The molecule has 3 nitrogen and oxygen atoms in total.